The first-order valence-corrected chi connectivity index (χ1v) is 8.40. The molecule has 0 radical (unpaired) electrons. The molecule has 1 aromatic carbocycles. The van der Waals surface area contributed by atoms with E-state index in [-0.39, 0.29) is 12.3 Å². The first kappa shape index (κ1) is 15.6. The van der Waals surface area contributed by atoms with E-state index in [1.165, 1.54) is 31.7 Å². The van der Waals surface area contributed by atoms with Gasteiger partial charge in [-0.05, 0) is 30.5 Å². The summed E-state index contributed by atoms with van der Waals surface area (Å²) >= 11 is 7.61. The quantitative estimate of drug-likeness (QED) is 0.809. The minimum Gasteiger partial charge on any atom is -0.355 e. The molecule has 2 rings (SSSR count). The number of hydrogen-bond donors (Lipinski definition) is 1. The lowest BCUT2D eigenvalue weighted by Crippen LogP contribution is -2.28. The van der Waals surface area contributed by atoms with Crippen LogP contribution in [0.2, 0.25) is 5.02 Å². The Bertz CT molecular complexity index is 463. The van der Waals surface area contributed by atoms with Crippen molar-refractivity contribution in [2.24, 2.45) is 0 Å². The van der Waals surface area contributed by atoms with Crippen molar-refractivity contribution in [2.45, 2.75) is 37.4 Å². The van der Waals surface area contributed by atoms with Crippen molar-refractivity contribution in [2.75, 3.05) is 12.3 Å². The number of rotatable bonds is 6. The molecular formula is C15H19ClFNOS. The van der Waals surface area contributed by atoms with Crippen LogP contribution in [0.1, 0.15) is 31.2 Å². The highest BCUT2D eigenvalue weighted by Crippen LogP contribution is 2.28. The summed E-state index contributed by atoms with van der Waals surface area (Å²) in [5.41, 5.74) is 0.385. The number of benzene rings is 1. The largest absolute Gasteiger partial charge is 0.355 e. The molecule has 0 spiro atoms. The molecule has 110 valence electrons. The van der Waals surface area contributed by atoms with Gasteiger partial charge in [0.1, 0.15) is 5.82 Å². The summed E-state index contributed by atoms with van der Waals surface area (Å²) in [6, 6.07) is 4.40. The van der Waals surface area contributed by atoms with Crippen molar-refractivity contribution in [1.82, 2.24) is 5.32 Å². The predicted molar refractivity (Wildman–Crippen MR) is 82.8 cm³/mol. The Hall–Kier alpha value is -0.740. The molecule has 1 aliphatic carbocycles. The van der Waals surface area contributed by atoms with Crippen molar-refractivity contribution in [3.63, 3.8) is 0 Å². The lowest BCUT2D eigenvalue weighted by molar-refractivity contribution is -0.120. The molecule has 1 amide bonds. The zero-order valence-corrected chi connectivity index (χ0v) is 12.9. The third-order valence-corrected chi connectivity index (χ3v) is 5.06. The molecule has 0 unspecified atom stereocenters. The Labute approximate surface area is 128 Å². The van der Waals surface area contributed by atoms with Crippen LogP contribution in [0.15, 0.2) is 18.2 Å². The molecule has 1 aromatic rings. The maximum atomic E-state index is 13.5. The van der Waals surface area contributed by atoms with E-state index >= 15 is 0 Å². The van der Waals surface area contributed by atoms with Gasteiger partial charge in [-0.25, -0.2) is 4.39 Å². The van der Waals surface area contributed by atoms with Gasteiger partial charge in [0.2, 0.25) is 5.91 Å². The normalized spacial score (nSPS) is 15.5. The van der Waals surface area contributed by atoms with Crippen LogP contribution in [-0.2, 0) is 11.2 Å². The monoisotopic (exact) mass is 315 g/mol. The number of halogens is 2. The van der Waals surface area contributed by atoms with Gasteiger partial charge in [0.05, 0.1) is 6.42 Å². The Balaban J connectivity index is 1.67. The Morgan fingerprint density at radius 2 is 2.15 bits per heavy atom. The van der Waals surface area contributed by atoms with Crippen LogP contribution in [0.5, 0.6) is 0 Å². The third kappa shape index (κ3) is 4.98. The first-order chi connectivity index (χ1) is 9.65. The maximum Gasteiger partial charge on any atom is 0.224 e. The molecule has 2 nitrogen and oxygen atoms in total. The molecule has 0 aromatic heterocycles. The second-order valence-corrected chi connectivity index (χ2v) is 6.88. The fraction of sp³-hybridized carbons (Fsp3) is 0.533. The zero-order valence-electron chi connectivity index (χ0n) is 11.3. The van der Waals surface area contributed by atoms with Gasteiger partial charge in [-0.15, -0.1) is 0 Å². The smallest absolute Gasteiger partial charge is 0.224 e. The van der Waals surface area contributed by atoms with Crippen molar-refractivity contribution >= 4 is 29.3 Å². The number of carbonyl (C=O) groups excluding carboxylic acids is 1. The van der Waals surface area contributed by atoms with Crippen molar-refractivity contribution in [3.05, 3.63) is 34.6 Å². The van der Waals surface area contributed by atoms with E-state index in [1.807, 2.05) is 11.8 Å². The lowest BCUT2D eigenvalue weighted by atomic mass is 10.1. The van der Waals surface area contributed by atoms with Crippen molar-refractivity contribution < 1.29 is 9.18 Å². The van der Waals surface area contributed by atoms with Gasteiger partial charge in [0, 0.05) is 22.6 Å². The standard InChI is InChI=1S/C15H19ClFNOS/c16-12-6-5-11(14(17)10-12)9-15(19)18-7-8-20-13-3-1-2-4-13/h5-6,10,13H,1-4,7-9H2,(H,18,19). The average molecular weight is 316 g/mol. The summed E-state index contributed by atoms with van der Waals surface area (Å²) in [6.45, 7) is 0.648. The Morgan fingerprint density at radius 1 is 1.40 bits per heavy atom. The number of thioether (sulfide) groups is 1. The fourth-order valence-electron chi connectivity index (χ4n) is 2.37. The van der Waals surface area contributed by atoms with Gasteiger partial charge >= 0.3 is 0 Å². The van der Waals surface area contributed by atoms with Crippen LogP contribution >= 0.6 is 23.4 Å². The summed E-state index contributed by atoms with van der Waals surface area (Å²) in [7, 11) is 0. The summed E-state index contributed by atoms with van der Waals surface area (Å²) in [5, 5.41) is 3.95. The number of carbonyl (C=O) groups is 1. The topological polar surface area (TPSA) is 29.1 Å². The number of amides is 1. The second kappa shape index (κ2) is 7.89. The molecule has 0 heterocycles. The van der Waals surface area contributed by atoms with E-state index in [9.17, 15) is 9.18 Å². The van der Waals surface area contributed by atoms with E-state index in [0.29, 0.717) is 17.1 Å². The first-order valence-electron chi connectivity index (χ1n) is 6.97. The summed E-state index contributed by atoms with van der Waals surface area (Å²) < 4.78 is 13.5. The van der Waals surface area contributed by atoms with Crippen LogP contribution in [0.4, 0.5) is 4.39 Å². The molecule has 1 saturated carbocycles. The highest BCUT2D eigenvalue weighted by molar-refractivity contribution is 7.99. The fourth-order valence-corrected chi connectivity index (χ4v) is 3.75. The predicted octanol–water partition coefficient (Wildman–Crippen LogP) is 3.81. The van der Waals surface area contributed by atoms with Crippen LogP contribution in [0.3, 0.4) is 0 Å². The molecule has 0 bridgehead atoms. The van der Waals surface area contributed by atoms with E-state index in [4.69, 9.17) is 11.6 Å². The van der Waals surface area contributed by atoms with E-state index < -0.39 is 5.82 Å². The number of hydrogen-bond acceptors (Lipinski definition) is 2. The third-order valence-electron chi connectivity index (χ3n) is 3.45. The molecule has 1 fully saturated rings. The second-order valence-electron chi connectivity index (χ2n) is 5.04. The lowest BCUT2D eigenvalue weighted by Gasteiger charge is -2.09. The molecule has 5 heteroatoms. The highest BCUT2D eigenvalue weighted by atomic mass is 35.5. The van der Waals surface area contributed by atoms with Crippen LogP contribution in [-0.4, -0.2) is 23.5 Å². The van der Waals surface area contributed by atoms with Gasteiger partial charge in [-0.2, -0.15) is 11.8 Å². The molecular weight excluding hydrogens is 297 g/mol. The summed E-state index contributed by atoms with van der Waals surface area (Å²) in [4.78, 5) is 11.7. The number of nitrogens with one attached hydrogen (secondary N) is 1. The Kier molecular flexibility index (Phi) is 6.17. The summed E-state index contributed by atoms with van der Waals surface area (Å²) in [5.74, 6) is 0.366. The van der Waals surface area contributed by atoms with Gasteiger partial charge in [-0.1, -0.05) is 30.5 Å². The molecule has 1 N–H and O–H groups in total. The maximum absolute atomic E-state index is 13.5. The Morgan fingerprint density at radius 3 is 2.85 bits per heavy atom. The molecule has 0 saturated heterocycles. The highest BCUT2D eigenvalue weighted by Gasteiger charge is 2.15. The van der Waals surface area contributed by atoms with Crippen LogP contribution in [0.25, 0.3) is 0 Å². The molecule has 20 heavy (non-hydrogen) atoms. The van der Waals surface area contributed by atoms with E-state index in [1.54, 1.807) is 12.1 Å². The van der Waals surface area contributed by atoms with Crippen molar-refractivity contribution in [1.29, 1.82) is 0 Å². The SMILES string of the molecule is O=C(Cc1ccc(Cl)cc1F)NCCSC1CCCC1. The van der Waals surface area contributed by atoms with Crippen LogP contribution in [0, 0.1) is 5.82 Å². The minimum atomic E-state index is -0.423. The zero-order chi connectivity index (χ0) is 14.4. The van der Waals surface area contributed by atoms with Gasteiger partial charge < -0.3 is 5.32 Å². The average Bonchev–Trinajstić information content (AvgIpc) is 2.91. The van der Waals surface area contributed by atoms with Gasteiger partial charge in [-0.3, -0.25) is 4.79 Å². The van der Waals surface area contributed by atoms with E-state index in [2.05, 4.69) is 5.32 Å². The van der Waals surface area contributed by atoms with Crippen molar-refractivity contribution in [3.8, 4) is 0 Å². The van der Waals surface area contributed by atoms with Gasteiger partial charge in [0.25, 0.3) is 0 Å². The van der Waals surface area contributed by atoms with Gasteiger partial charge in [0.15, 0.2) is 0 Å². The summed E-state index contributed by atoms with van der Waals surface area (Å²) in [6.07, 6.45) is 5.33. The molecule has 1 aliphatic rings. The molecule has 0 atom stereocenters. The minimum absolute atomic E-state index is 0.0666. The van der Waals surface area contributed by atoms with Crippen LogP contribution < -0.4 is 5.32 Å². The molecule has 0 aliphatic heterocycles. The van der Waals surface area contributed by atoms with E-state index in [0.717, 1.165) is 11.0 Å².